The summed E-state index contributed by atoms with van der Waals surface area (Å²) in [7, 11) is -4.40. The third-order valence-electron chi connectivity index (χ3n) is 6.14. The van der Waals surface area contributed by atoms with Crippen LogP contribution in [0.3, 0.4) is 0 Å². The van der Waals surface area contributed by atoms with E-state index in [1.807, 2.05) is 0 Å². The first-order valence-corrected chi connectivity index (χ1v) is 12.9. The Morgan fingerprint density at radius 1 is 1.05 bits per heavy atom. The highest BCUT2D eigenvalue weighted by Crippen LogP contribution is 2.35. The van der Waals surface area contributed by atoms with E-state index < -0.39 is 76.5 Å². The average Bonchev–Trinajstić information content (AvgIpc) is 3.21. The van der Waals surface area contributed by atoms with Gasteiger partial charge in [-0.05, 0) is 30.7 Å². The second-order valence-corrected chi connectivity index (χ2v) is 10.6. The van der Waals surface area contributed by atoms with Gasteiger partial charge in [0.2, 0.25) is 21.8 Å². The van der Waals surface area contributed by atoms with Gasteiger partial charge in [-0.15, -0.1) is 0 Å². The van der Waals surface area contributed by atoms with E-state index in [2.05, 4.69) is 25.3 Å². The van der Waals surface area contributed by atoms with Gasteiger partial charge in [0.25, 0.3) is 0 Å². The highest BCUT2D eigenvalue weighted by Gasteiger charge is 2.49. The lowest BCUT2D eigenvalue weighted by molar-refractivity contribution is -0.145. The molecular weight excluding hydrogens is 573 g/mol. The van der Waals surface area contributed by atoms with Crippen molar-refractivity contribution < 1.29 is 43.9 Å². The predicted molar refractivity (Wildman–Crippen MR) is 123 cm³/mol. The SMILES string of the molecule is CC1[C@H](F)C[C@@H](C(=O)NCc2cc(-c3cnc(C(F)(F)F)nc3)ncc2C(F)(F)F)N1S(=O)(=O)c1cccnc1. The molecule has 1 unspecified atom stereocenters. The highest BCUT2D eigenvalue weighted by molar-refractivity contribution is 7.89. The minimum absolute atomic E-state index is 0.132. The number of amides is 1. The van der Waals surface area contributed by atoms with E-state index in [9.17, 15) is 43.9 Å². The molecule has 4 rings (SSSR count). The molecule has 0 aliphatic carbocycles. The molecule has 1 saturated heterocycles. The number of alkyl halides is 7. The standard InChI is InChI=1S/C23H19F7N6O3S/c1-12-17(24)6-19(36(12)40(38,39)15-3-2-4-31-10-15)20(37)33-7-13-5-18(32-11-16(13)22(25,26)27)14-8-34-21(35-9-14)23(28,29)30/h2-5,8-12,17,19H,6-7H2,1H3,(H,33,37)/t12?,17-,19+/m1/s1. The summed E-state index contributed by atoms with van der Waals surface area (Å²) in [6, 6.07) is 0.591. The zero-order valence-electron chi connectivity index (χ0n) is 20.3. The van der Waals surface area contributed by atoms with Crippen LogP contribution in [0.4, 0.5) is 30.7 Å². The van der Waals surface area contributed by atoms with Crippen molar-refractivity contribution in [2.45, 2.75) is 55.4 Å². The van der Waals surface area contributed by atoms with Crippen molar-refractivity contribution >= 4 is 15.9 Å². The van der Waals surface area contributed by atoms with E-state index in [-0.39, 0.29) is 16.2 Å². The van der Waals surface area contributed by atoms with Crippen molar-refractivity contribution in [3.8, 4) is 11.3 Å². The second kappa shape index (κ2) is 10.7. The monoisotopic (exact) mass is 592 g/mol. The Kier molecular flexibility index (Phi) is 7.81. The number of carbonyl (C=O) groups is 1. The van der Waals surface area contributed by atoms with Crippen molar-refractivity contribution in [2.24, 2.45) is 0 Å². The van der Waals surface area contributed by atoms with E-state index in [1.165, 1.54) is 25.3 Å². The number of sulfonamides is 1. The molecule has 1 aliphatic heterocycles. The molecule has 1 amide bonds. The van der Waals surface area contributed by atoms with E-state index in [0.29, 0.717) is 10.5 Å². The fourth-order valence-electron chi connectivity index (χ4n) is 4.15. The summed E-state index contributed by atoms with van der Waals surface area (Å²) in [5.41, 5.74) is -2.14. The Labute approximate surface area is 222 Å². The zero-order valence-corrected chi connectivity index (χ0v) is 21.1. The topological polar surface area (TPSA) is 118 Å². The number of aromatic nitrogens is 4. The van der Waals surface area contributed by atoms with Crippen LogP contribution < -0.4 is 5.32 Å². The summed E-state index contributed by atoms with van der Waals surface area (Å²) in [6.07, 6.45) is -7.81. The molecule has 17 heteroatoms. The van der Waals surface area contributed by atoms with Crippen LogP contribution in [0.1, 0.15) is 30.3 Å². The van der Waals surface area contributed by atoms with Crippen molar-refractivity contribution in [3.05, 3.63) is 66.1 Å². The Balaban J connectivity index is 1.61. The lowest BCUT2D eigenvalue weighted by atomic mass is 10.1. The van der Waals surface area contributed by atoms with Gasteiger partial charge >= 0.3 is 12.4 Å². The second-order valence-electron chi connectivity index (χ2n) is 8.77. The number of hydrogen-bond acceptors (Lipinski definition) is 7. The number of hydrogen-bond donors (Lipinski definition) is 1. The summed E-state index contributed by atoms with van der Waals surface area (Å²) < 4.78 is 121. The van der Waals surface area contributed by atoms with Crippen LogP contribution in [-0.4, -0.2) is 56.8 Å². The lowest BCUT2D eigenvalue weighted by Crippen LogP contribution is -2.48. The number of rotatable bonds is 6. The molecule has 9 nitrogen and oxygen atoms in total. The molecular formula is C23H19F7N6O3S. The van der Waals surface area contributed by atoms with Crippen LogP contribution in [0.2, 0.25) is 0 Å². The van der Waals surface area contributed by atoms with Crippen molar-refractivity contribution in [2.75, 3.05) is 0 Å². The molecule has 3 atom stereocenters. The van der Waals surface area contributed by atoms with Gasteiger partial charge < -0.3 is 5.32 Å². The molecule has 1 fully saturated rings. The Bertz CT molecular complexity index is 1490. The van der Waals surface area contributed by atoms with Crippen LogP contribution in [0.15, 0.2) is 54.1 Å². The largest absolute Gasteiger partial charge is 0.451 e. The van der Waals surface area contributed by atoms with Crippen LogP contribution in [-0.2, 0) is 33.7 Å². The first-order chi connectivity index (χ1) is 18.6. The number of nitrogens with one attached hydrogen (secondary N) is 1. The molecule has 214 valence electrons. The molecule has 0 saturated carbocycles. The Morgan fingerprint density at radius 3 is 2.30 bits per heavy atom. The molecule has 0 aromatic carbocycles. The average molecular weight is 592 g/mol. The van der Waals surface area contributed by atoms with Gasteiger partial charge in [-0.1, -0.05) is 0 Å². The summed E-state index contributed by atoms with van der Waals surface area (Å²) in [6.45, 7) is 0.474. The maximum absolute atomic E-state index is 14.6. The number of nitrogens with zero attached hydrogens (tertiary/aromatic N) is 5. The third-order valence-corrected chi connectivity index (χ3v) is 8.12. The Hall–Kier alpha value is -3.73. The minimum Gasteiger partial charge on any atom is -0.351 e. The molecule has 3 aromatic heterocycles. The fraction of sp³-hybridized carbons (Fsp3) is 0.348. The Morgan fingerprint density at radius 2 is 1.73 bits per heavy atom. The van der Waals surface area contributed by atoms with Gasteiger partial charge in [-0.3, -0.25) is 14.8 Å². The summed E-state index contributed by atoms with van der Waals surface area (Å²) in [5.74, 6) is -2.51. The highest BCUT2D eigenvalue weighted by atomic mass is 32.2. The molecule has 40 heavy (non-hydrogen) atoms. The minimum atomic E-state index is -4.93. The van der Waals surface area contributed by atoms with Crippen molar-refractivity contribution in [1.82, 2.24) is 29.6 Å². The van der Waals surface area contributed by atoms with Gasteiger partial charge in [0.05, 0.1) is 17.3 Å². The third kappa shape index (κ3) is 5.89. The first kappa shape index (κ1) is 29.3. The van der Waals surface area contributed by atoms with Gasteiger partial charge in [0, 0.05) is 49.5 Å². The molecule has 3 aromatic rings. The summed E-state index contributed by atoms with van der Waals surface area (Å²) in [4.78, 5) is 26.4. The van der Waals surface area contributed by atoms with Crippen LogP contribution in [0, 0.1) is 0 Å². The quantitative estimate of drug-likeness (QED) is 0.433. The normalized spacial score (nSPS) is 20.4. The molecule has 1 aliphatic rings. The maximum atomic E-state index is 14.6. The van der Waals surface area contributed by atoms with Crippen LogP contribution in [0.5, 0.6) is 0 Å². The van der Waals surface area contributed by atoms with Gasteiger partial charge in [-0.2, -0.15) is 30.6 Å². The van der Waals surface area contributed by atoms with Crippen LogP contribution in [0.25, 0.3) is 11.3 Å². The number of carbonyl (C=O) groups excluding carboxylic acids is 1. The fourth-order valence-corrected chi connectivity index (χ4v) is 5.93. The molecule has 0 radical (unpaired) electrons. The smallest absolute Gasteiger partial charge is 0.351 e. The predicted octanol–water partition coefficient (Wildman–Crippen LogP) is 3.78. The van der Waals surface area contributed by atoms with Gasteiger partial charge in [-0.25, -0.2) is 22.8 Å². The maximum Gasteiger partial charge on any atom is 0.451 e. The van der Waals surface area contributed by atoms with Crippen molar-refractivity contribution in [1.29, 1.82) is 0 Å². The lowest BCUT2D eigenvalue weighted by Gasteiger charge is -2.26. The van der Waals surface area contributed by atoms with E-state index in [4.69, 9.17) is 0 Å². The van der Waals surface area contributed by atoms with Crippen molar-refractivity contribution in [3.63, 3.8) is 0 Å². The van der Waals surface area contributed by atoms with E-state index in [1.54, 1.807) is 0 Å². The molecule has 0 bridgehead atoms. The first-order valence-electron chi connectivity index (χ1n) is 11.4. The summed E-state index contributed by atoms with van der Waals surface area (Å²) >= 11 is 0. The zero-order chi connectivity index (χ0) is 29.5. The number of halogens is 7. The number of pyridine rings is 2. The van der Waals surface area contributed by atoms with E-state index >= 15 is 0 Å². The van der Waals surface area contributed by atoms with Gasteiger partial charge in [0.15, 0.2) is 0 Å². The van der Waals surface area contributed by atoms with Gasteiger partial charge in [0.1, 0.15) is 17.1 Å². The molecule has 4 heterocycles. The molecule has 0 spiro atoms. The van der Waals surface area contributed by atoms with E-state index in [0.717, 1.165) is 24.7 Å². The summed E-state index contributed by atoms with van der Waals surface area (Å²) in [5, 5.41) is 2.22. The molecule has 1 N–H and O–H groups in total. The van der Waals surface area contributed by atoms with Crippen LogP contribution >= 0.6 is 0 Å².